The highest BCUT2D eigenvalue weighted by Gasteiger charge is 2.43. The maximum absolute atomic E-state index is 4.47. The first kappa shape index (κ1) is 14.3. The van der Waals surface area contributed by atoms with Crippen molar-refractivity contribution >= 4 is 0 Å². The van der Waals surface area contributed by atoms with E-state index in [2.05, 4.69) is 60.7 Å². The van der Waals surface area contributed by atoms with Crippen molar-refractivity contribution in [2.75, 3.05) is 6.54 Å². The van der Waals surface area contributed by atoms with Crippen LogP contribution in [-0.4, -0.2) is 22.4 Å². The third kappa shape index (κ3) is 3.18. The molecule has 0 aliphatic heterocycles. The molecule has 1 aliphatic rings. The smallest absolute Gasteiger partial charge is 0.0596 e. The Bertz CT molecular complexity index is 588. The van der Waals surface area contributed by atoms with Crippen LogP contribution in [0.2, 0.25) is 0 Å². The fourth-order valence-electron chi connectivity index (χ4n) is 3.46. The Morgan fingerprint density at radius 3 is 2.71 bits per heavy atom. The largest absolute Gasteiger partial charge is 0.314 e. The van der Waals surface area contributed by atoms with E-state index >= 15 is 0 Å². The number of hydrogen-bond donors (Lipinski definition) is 1. The second-order valence-electron chi connectivity index (χ2n) is 6.19. The van der Waals surface area contributed by atoms with E-state index in [1.54, 1.807) is 0 Å². The highest BCUT2D eigenvalue weighted by molar-refractivity contribution is 5.27. The number of benzene rings is 1. The number of aromatic nitrogens is 2. The van der Waals surface area contributed by atoms with E-state index in [4.69, 9.17) is 0 Å². The third-order valence-electron chi connectivity index (χ3n) is 4.58. The van der Waals surface area contributed by atoms with E-state index in [0.717, 1.165) is 30.5 Å². The van der Waals surface area contributed by atoms with Gasteiger partial charge in [-0.3, -0.25) is 4.68 Å². The van der Waals surface area contributed by atoms with Crippen LogP contribution in [0.3, 0.4) is 0 Å². The lowest BCUT2D eigenvalue weighted by molar-refractivity contribution is 0.453. The van der Waals surface area contributed by atoms with Crippen molar-refractivity contribution in [2.45, 2.75) is 38.6 Å². The van der Waals surface area contributed by atoms with Gasteiger partial charge in [-0.15, -0.1) is 0 Å². The van der Waals surface area contributed by atoms with Crippen molar-refractivity contribution in [3.63, 3.8) is 0 Å². The Morgan fingerprint density at radius 1 is 1.33 bits per heavy atom. The van der Waals surface area contributed by atoms with Crippen LogP contribution < -0.4 is 5.32 Å². The van der Waals surface area contributed by atoms with Crippen LogP contribution in [0.5, 0.6) is 0 Å². The van der Waals surface area contributed by atoms with Crippen molar-refractivity contribution < 1.29 is 0 Å². The zero-order valence-corrected chi connectivity index (χ0v) is 13.2. The molecule has 0 radical (unpaired) electrons. The molecular formula is C18H25N3. The predicted octanol–water partition coefficient (Wildman–Crippen LogP) is 3.05. The summed E-state index contributed by atoms with van der Waals surface area (Å²) in [5.41, 5.74) is 3.93. The maximum atomic E-state index is 4.47. The average Bonchev–Trinajstić information content (AvgIpc) is 3.21. The van der Waals surface area contributed by atoms with Crippen LogP contribution >= 0.6 is 0 Å². The SMILES string of the molecule is CCNC(Cc1cc(C)nn1C)C1CC1c1ccccc1. The van der Waals surface area contributed by atoms with Crippen LogP contribution in [0, 0.1) is 12.8 Å². The van der Waals surface area contributed by atoms with Crippen LogP contribution in [0.4, 0.5) is 0 Å². The highest BCUT2D eigenvalue weighted by Crippen LogP contribution is 2.50. The van der Waals surface area contributed by atoms with Gasteiger partial charge in [0, 0.05) is 25.2 Å². The van der Waals surface area contributed by atoms with Crippen molar-refractivity contribution in [1.82, 2.24) is 15.1 Å². The third-order valence-corrected chi connectivity index (χ3v) is 4.58. The van der Waals surface area contributed by atoms with E-state index in [1.165, 1.54) is 17.7 Å². The van der Waals surface area contributed by atoms with E-state index in [1.807, 2.05) is 11.7 Å². The Morgan fingerprint density at radius 2 is 2.10 bits per heavy atom. The van der Waals surface area contributed by atoms with Crippen molar-refractivity contribution in [3.8, 4) is 0 Å². The van der Waals surface area contributed by atoms with Gasteiger partial charge in [-0.2, -0.15) is 5.10 Å². The van der Waals surface area contributed by atoms with E-state index in [9.17, 15) is 0 Å². The molecule has 0 bridgehead atoms. The van der Waals surface area contributed by atoms with Gasteiger partial charge in [-0.1, -0.05) is 37.3 Å². The number of aryl methyl sites for hydroxylation is 2. The van der Waals surface area contributed by atoms with Gasteiger partial charge in [-0.05, 0) is 43.4 Å². The zero-order valence-electron chi connectivity index (χ0n) is 13.2. The second kappa shape index (κ2) is 6.02. The molecule has 0 spiro atoms. The van der Waals surface area contributed by atoms with Gasteiger partial charge < -0.3 is 5.32 Å². The summed E-state index contributed by atoms with van der Waals surface area (Å²) >= 11 is 0. The topological polar surface area (TPSA) is 29.9 Å². The van der Waals surface area contributed by atoms with Gasteiger partial charge in [0.25, 0.3) is 0 Å². The summed E-state index contributed by atoms with van der Waals surface area (Å²) in [4.78, 5) is 0. The number of likely N-dealkylation sites (N-methyl/N-ethyl adjacent to an activating group) is 1. The minimum absolute atomic E-state index is 0.551. The van der Waals surface area contributed by atoms with Crippen LogP contribution in [0.25, 0.3) is 0 Å². The summed E-state index contributed by atoms with van der Waals surface area (Å²) in [5, 5.41) is 8.16. The zero-order chi connectivity index (χ0) is 14.8. The van der Waals surface area contributed by atoms with Gasteiger partial charge in [0.2, 0.25) is 0 Å². The fraction of sp³-hybridized carbons (Fsp3) is 0.500. The van der Waals surface area contributed by atoms with Gasteiger partial charge in [-0.25, -0.2) is 0 Å². The normalized spacial score (nSPS) is 22.2. The second-order valence-corrected chi connectivity index (χ2v) is 6.19. The Hall–Kier alpha value is -1.61. The molecule has 1 aliphatic carbocycles. The highest BCUT2D eigenvalue weighted by atomic mass is 15.3. The number of nitrogens with one attached hydrogen (secondary N) is 1. The summed E-state index contributed by atoms with van der Waals surface area (Å²) in [6.07, 6.45) is 2.37. The average molecular weight is 283 g/mol. The predicted molar refractivity (Wildman–Crippen MR) is 86.4 cm³/mol. The minimum Gasteiger partial charge on any atom is -0.314 e. The Balaban J connectivity index is 1.70. The molecule has 1 fully saturated rings. The molecule has 3 unspecified atom stereocenters. The molecule has 1 N–H and O–H groups in total. The number of hydrogen-bond acceptors (Lipinski definition) is 2. The van der Waals surface area contributed by atoms with Crippen LogP contribution in [-0.2, 0) is 13.5 Å². The minimum atomic E-state index is 0.551. The van der Waals surface area contributed by atoms with Gasteiger partial charge in [0.05, 0.1) is 5.69 Å². The molecule has 1 aromatic heterocycles. The maximum Gasteiger partial charge on any atom is 0.0596 e. The quantitative estimate of drug-likeness (QED) is 0.883. The lowest BCUT2D eigenvalue weighted by Crippen LogP contribution is -2.34. The molecule has 1 saturated carbocycles. The van der Waals surface area contributed by atoms with Gasteiger partial charge in [0.15, 0.2) is 0 Å². The van der Waals surface area contributed by atoms with E-state index < -0.39 is 0 Å². The van der Waals surface area contributed by atoms with Crippen LogP contribution in [0.1, 0.15) is 36.2 Å². The van der Waals surface area contributed by atoms with E-state index in [0.29, 0.717) is 6.04 Å². The molecule has 2 aromatic rings. The monoisotopic (exact) mass is 283 g/mol. The summed E-state index contributed by atoms with van der Waals surface area (Å²) in [5.74, 6) is 1.48. The summed E-state index contributed by atoms with van der Waals surface area (Å²) < 4.78 is 2.03. The molecule has 3 rings (SSSR count). The molecule has 1 aromatic carbocycles. The summed E-state index contributed by atoms with van der Waals surface area (Å²) in [6.45, 7) is 5.29. The van der Waals surface area contributed by atoms with Crippen molar-refractivity contribution in [1.29, 1.82) is 0 Å². The number of nitrogens with zero attached hydrogens (tertiary/aromatic N) is 2. The molecule has 1 heterocycles. The molecule has 112 valence electrons. The van der Waals surface area contributed by atoms with Crippen molar-refractivity contribution in [2.24, 2.45) is 13.0 Å². The first-order chi connectivity index (χ1) is 10.2. The molecule has 0 amide bonds. The van der Waals surface area contributed by atoms with Gasteiger partial charge >= 0.3 is 0 Å². The summed E-state index contributed by atoms with van der Waals surface area (Å²) in [6, 6.07) is 13.7. The first-order valence-electron chi connectivity index (χ1n) is 7.97. The molecule has 0 saturated heterocycles. The fourth-order valence-corrected chi connectivity index (χ4v) is 3.46. The number of rotatable bonds is 6. The van der Waals surface area contributed by atoms with E-state index in [-0.39, 0.29) is 0 Å². The Kier molecular flexibility index (Phi) is 4.11. The molecular weight excluding hydrogens is 258 g/mol. The molecule has 3 heteroatoms. The summed E-state index contributed by atoms with van der Waals surface area (Å²) in [7, 11) is 2.05. The molecule has 21 heavy (non-hydrogen) atoms. The molecule has 3 atom stereocenters. The van der Waals surface area contributed by atoms with Crippen molar-refractivity contribution in [3.05, 3.63) is 53.3 Å². The first-order valence-corrected chi connectivity index (χ1v) is 7.97. The lowest BCUT2D eigenvalue weighted by atomic mass is 10.0. The lowest BCUT2D eigenvalue weighted by Gasteiger charge is -2.18. The van der Waals surface area contributed by atoms with Crippen LogP contribution in [0.15, 0.2) is 36.4 Å². The molecule has 3 nitrogen and oxygen atoms in total. The Labute approximate surface area is 127 Å². The standard InChI is InChI=1S/C18H25N3/c1-4-19-18(11-15-10-13(2)20-21(15)3)17-12-16(17)14-8-6-5-7-9-14/h5-10,16-19H,4,11-12H2,1-3H3. The van der Waals surface area contributed by atoms with Gasteiger partial charge in [0.1, 0.15) is 0 Å².